The van der Waals surface area contributed by atoms with Crippen LogP contribution >= 0.6 is 11.8 Å². The van der Waals surface area contributed by atoms with E-state index in [4.69, 9.17) is 9.47 Å². The van der Waals surface area contributed by atoms with Gasteiger partial charge in [-0.1, -0.05) is 23.9 Å². The number of aryl methyl sites for hydroxylation is 1. The number of ether oxygens (including phenoxy) is 2. The second kappa shape index (κ2) is 7.98. The average molecular weight is 360 g/mol. The maximum Gasteiger partial charge on any atom is 0.214 e. The highest BCUT2D eigenvalue weighted by Crippen LogP contribution is 2.27. The summed E-state index contributed by atoms with van der Waals surface area (Å²) >= 11 is 1.45. The molecule has 0 aliphatic carbocycles. The van der Waals surface area contributed by atoms with Crippen LogP contribution < -0.4 is 9.47 Å². The summed E-state index contributed by atoms with van der Waals surface area (Å²) in [5.74, 6) is 1.49. The van der Waals surface area contributed by atoms with Crippen molar-refractivity contribution >= 4 is 11.8 Å². The molecule has 8 heteroatoms. The summed E-state index contributed by atoms with van der Waals surface area (Å²) in [7, 11) is 1.61. The van der Waals surface area contributed by atoms with E-state index in [9.17, 15) is 4.39 Å². The van der Waals surface area contributed by atoms with Crippen LogP contribution in [0.4, 0.5) is 4.39 Å². The van der Waals surface area contributed by atoms with Crippen LogP contribution in [-0.2, 0) is 0 Å². The molecule has 3 rings (SSSR count). The van der Waals surface area contributed by atoms with Crippen LogP contribution in [0.5, 0.6) is 11.5 Å². The van der Waals surface area contributed by atoms with Gasteiger partial charge in [0.15, 0.2) is 0 Å². The molecule has 0 fully saturated rings. The highest BCUT2D eigenvalue weighted by Gasteiger charge is 2.13. The molecule has 0 atom stereocenters. The molecule has 0 bridgehead atoms. The Bertz CT molecular complexity index is 856. The van der Waals surface area contributed by atoms with Crippen LogP contribution in [-0.4, -0.2) is 39.7 Å². The van der Waals surface area contributed by atoms with Gasteiger partial charge in [-0.3, -0.25) is 0 Å². The zero-order valence-corrected chi connectivity index (χ0v) is 14.7. The lowest BCUT2D eigenvalue weighted by Gasteiger charge is -2.10. The van der Waals surface area contributed by atoms with Crippen molar-refractivity contribution in [2.24, 2.45) is 0 Å². The van der Waals surface area contributed by atoms with Gasteiger partial charge in [-0.2, -0.15) is 4.68 Å². The molecule has 0 saturated heterocycles. The number of halogens is 1. The summed E-state index contributed by atoms with van der Waals surface area (Å²) in [5, 5.41) is 12.5. The largest absolute Gasteiger partial charge is 0.494 e. The van der Waals surface area contributed by atoms with Crippen molar-refractivity contribution in [1.82, 2.24) is 20.2 Å². The molecule has 0 aliphatic heterocycles. The highest BCUT2D eigenvalue weighted by atomic mass is 32.2. The molecule has 0 N–H and O–H groups in total. The molecule has 0 radical (unpaired) electrons. The van der Waals surface area contributed by atoms with Gasteiger partial charge in [-0.15, -0.1) is 5.10 Å². The molecular formula is C17H17FN4O2S. The van der Waals surface area contributed by atoms with Crippen LogP contribution in [0.15, 0.2) is 47.6 Å². The molecule has 6 nitrogen and oxygen atoms in total. The predicted molar refractivity (Wildman–Crippen MR) is 93.1 cm³/mol. The summed E-state index contributed by atoms with van der Waals surface area (Å²) in [6, 6.07) is 11.9. The molecule has 0 unspecified atom stereocenters. The first-order valence-corrected chi connectivity index (χ1v) is 8.60. The van der Waals surface area contributed by atoms with Crippen molar-refractivity contribution in [1.29, 1.82) is 0 Å². The number of hydrogen-bond acceptors (Lipinski definition) is 6. The van der Waals surface area contributed by atoms with Crippen molar-refractivity contribution in [3.63, 3.8) is 0 Å². The Kier molecular flexibility index (Phi) is 5.49. The average Bonchev–Trinajstić information content (AvgIpc) is 3.07. The van der Waals surface area contributed by atoms with Crippen LogP contribution in [0, 0.1) is 12.7 Å². The quantitative estimate of drug-likeness (QED) is 0.476. The Hall–Kier alpha value is -2.61. The summed E-state index contributed by atoms with van der Waals surface area (Å²) in [4.78, 5) is 0. The molecule has 0 amide bonds. The normalized spacial score (nSPS) is 10.7. The number of benzene rings is 2. The van der Waals surface area contributed by atoms with Gasteiger partial charge in [0.25, 0.3) is 0 Å². The minimum atomic E-state index is -0.319. The van der Waals surface area contributed by atoms with Crippen molar-refractivity contribution in [2.75, 3.05) is 19.5 Å². The Morgan fingerprint density at radius 2 is 2.08 bits per heavy atom. The number of nitrogens with zero attached hydrogens (tertiary/aromatic N) is 4. The van der Waals surface area contributed by atoms with Gasteiger partial charge >= 0.3 is 0 Å². The van der Waals surface area contributed by atoms with Gasteiger partial charge < -0.3 is 9.47 Å². The number of hydrogen-bond donors (Lipinski definition) is 0. The van der Waals surface area contributed by atoms with Crippen molar-refractivity contribution < 1.29 is 13.9 Å². The number of rotatable bonds is 7. The van der Waals surface area contributed by atoms with Gasteiger partial charge in [0.05, 0.1) is 13.7 Å². The molecule has 0 spiro atoms. The van der Waals surface area contributed by atoms with Gasteiger partial charge in [0, 0.05) is 11.8 Å². The summed E-state index contributed by atoms with van der Waals surface area (Å²) in [5.41, 5.74) is 1.86. The fourth-order valence-electron chi connectivity index (χ4n) is 2.23. The van der Waals surface area contributed by atoms with Crippen LogP contribution in [0.3, 0.4) is 0 Å². The Balaban J connectivity index is 1.65. The van der Waals surface area contributed by atoms with E-state index in [1.807, 2.05) is 25.1 Å². The maximum atomic E-state index is 13.1. The third kappa shape index (κ3) is 4.27. The third-order valence-corrected chi connectivity index (χ3v) is 4.27. The predicted octanol–water partition coefficient (Wildman–Crippen LogP) is 3.29. The highest BCUT2D eigenvalue weighted by molar-refractivity contribution is 7.99. The van der Waals surface area contributed by atoms with E-state index in [1.54, 1.807) is 23.9 Å². The molecule has 130 valence electrons. The third-order valence-electron chi connectivity index (χ3n) is 3.38. The standard InChI is InChI=1S/C17H17FN4O2S/c1-12-6-7-16(23-2)15(10-12)22-17(19-20-21-22)25-9-8-24-14-5-3-4-13(18)11-14/h3-7,10-11H,8-9H2,1-2H3. The SMILES string of the molecule is COc1ccc(C)cc1-n1nnnc1SCCOc1cccc(F)c1. The van der Waals surface area contributed by atoms with E-state index in [0.29, 0.717) is 29.0 Å². The van der Waals surface area contributed by atoms with E-state index in [0.717, 1.165) is 11.3 Å². The van der Waals surface area contributed by atoms with Gasteiger partial charge in [-0.05, 0) is 47.2 Å². The fourth-order valence-corrected chi connectivity index (χ4v) is 2.94. The second-order valence-corrected chi connectivity index (χ2v) is 6.26. The van der Waals surface area contributed by atoms with E-state index < -0.39 is 0 Å². The molecule has 25 heavy (non-hydrogen) atoms. The van der Waals surface area contributed by atoms with Crippen LogP contribution in [0.1, 0.15) is 5.56 Å². The van der Waals surface area contributed by atoms with E-state index in [1.165, 1.54) is 23.9 Å². The van der Waals surface area contributed by atoms with E-state index in [-0.39, 0.29) is 5.82 Å². The fraction of sp³-hybridized carbons (Fsp3) is 0.235. The lowest BCUT2D eigenvalue weighted by Crippen LogP contribution is -2.05. The minimum Gasteiger partial charge on any atom is -0.494 e. The molecule has 1 heterocycles. The topological polar surface area (TPSA) is 62.1 Å². The first-order chi connectivity index (χ1) is 12.2. The summed E-state index contributed by atoms with van der Waals surface area (Å²) < 4.78 is 25.7. The monoisotopic (exact) mass is 360 g/mol. The maximum absolute atomic E-state index is 13.1. The Morgan fingerprint density at radius 1 is 1.20 bits per heavy atom. The minimum absolute atomic E-state index is 0.319. The van der Waals surface area contributed by atoms with Gasteiger partial charge in [0.1, 0.15) is 23.0 Å². The number of methoxy groups -OCH3 is 1. The van der Waals surface area contributed by atoms with Crippen LogP contribution in [0.25, 0.3) is 5.69 Å². The molecule has 0 saturated carbocycles. The smallest absolute Gasteiger partial charge is 0.214 e. The van der Waals surface area contributed by atoms with Crippen LogP contribution in [0.2, 0.25) is 0 Å². The lowest BCUT2D eigenvalue weighted by molar-refractivity contribution is 0.342. The second-order valence-electron chi connectivity index (χ2n) is 5.20. The zero-order valence-electron chi connectivity index (χ0n) is 13.8. The van der Waals surface area contributed by atoms with Gasteiger partial charge in [0.2, 0.25) is 5.16 Å². The van der Waals surface area contributed by atoms with E-state index in [2.05, 4.69) is 15.5 Å². The molecule has 3 aromatic rings. The van der Waals surface area contributed by atoms with Crippen molar-refractivity contribution in [3.05, 3.63) is 53.8 Å². The Labute approximate surface area is 149 Å². The first kappa shape index (κ1) is 17.2. The number of thioether (sulfide) groups is 1. The zero-order chi connectivity index (χ0) is 17.6. The number of tetrazole rings is 1. The first-order valence-electron chi connectivity index (χ1n) is 7.62. The van der Waals surface area contributed by atoms with E-state index >= 15 is 0 Å². The van der Waals surface area contributed by atoms with Crippen molar-refractivity contribution in [2.45, 2.75) is 12.1 Å². The lowest BCUT2D eigenvalue weighted by atomic mass is 10.2. The van der Waals surface area contributed by atoms with Crippen molar-refractivity contribution in [3.8, 4) is 17.2 Å². The number of aromatic nitrogens is 4. The summed E-state index contributed by atoms with van der Waals surface area (Å²) in [6.07, 6.45) is 0. The summed E-state index contributed by atoms with van der Waals surface area (Å²) in [6.45, 7) is 2.40. The Morgan fingerprint density at radius 3 is 2.88 bits per heavy atom. The molecule has 1 aromatic heterocycles. The molecular weight excluding hydrogens is 343 g/mol. The molecule has 2 aromatic carbocycles. The molecule has 0 aliphatic rings. The van der Waals surface area contributed by atoms with Gasteiger partial charge in [-0.25, -0.2) is 4.39 Å².